The number of likely N-dealkylation sites (N-methyl/N-ethyl adjacent to an activating group) is 1. The van der Waals surface area contributed by atoms with Gasteiger partial charge in [0.15, 0.2) is 8.38 Å². The van der Waals surface area contributed by atoms with Crippen LogP contribution in [0.15, 0.2) is 30.3 Å². The maximum absolute atomic E-state index is 9.29. The van der Waals surface area contributed by atoms with Crippen molar-refractivity contribution >= 4 is 24.8 Å². The molecule has 0 unspecified atom stereocenters. The molecule has 1 aliphatic heterocycles. The molecule has 2 aromatic rings. The van der Waals surface area contributed by atoms with E-state index in [1.807, 2.05) is 12.1 Å². The second kappa shape index (κ2) is 4.51. The van der Waals surface area contributed by atoms with Crippen LogP contribution in [0.1, 0.15) is 11.1 Å². The Morgan fingerprint density at radius 2 is 1.94 bits per heavy atom. The maximum Gasteiger partial charge on any atom is 0.169 e. The van der Waals surface area contributed by atoms with E-state index < -0.39 is 8.38 Å². The van der Waals surface area contributed by atoms with E-state index in [4.69, 9.17) is 0 Å². The summed E-state index contributed by atoms with van der Waals surface area (Å²) >= 11 is 0. The average Bonchev–Trinajstić information content (AvgIpc) is 2.71. The van der Waals surface area contributed by atoms with Crippen molar-refractivity contribution in [1.29, 1.82) is 0 Å². The standard InChI is InChI=1S/C14H16NO2P/c1-15-7-6-13-12-5-3-2-4-11(12)10(8-14(13)15)9-18(16)17/h2-5,8,16-17H,6-7,9H2,1H3. The van der Waals surface area contributed by atoms with Gasteiger partial charge >= 0.3 is 0 Å². The summed E-state index contributed by atoms with van der Waals surface area (Å²) in [5.41, 5.74) is 3.66. The molecule has 1 aliphatic rings. The molecule has 1 heterocycles. The second-order valence-corrected chi connectivity index (χ2v) is 5.84. The molecule has 0 bridgehead atoms. The van der Waals surface area contributed by atoms with Crippen LogP contribution in [0.3, 0.4) is 0 Å². The Bertz CT molecular complexity index is 598. The summed E-state index contributed by atoms with van der Waals surface area (Å²) in [5, 5.41) is 2.41. The number of benzene rings is 2. The summed E-state index contributed by atoms with van der Waals surface area (Å²) in [7, 11) is 0.199. The number of nitrogens with zero attached hydrogens (tertiary/aromatic N) is 1. The van der Waals surface area contributed by atoms with E-state index in [1.165, 1.54) is 16.6 Å². The van der Waals surface area contributed by atoms with Gasteiger partial charge in [-0.15, -0.1) is 0 Å². The van der Waals surface area contributed by atoms with Gasteiger partial charge in [-0.25, -0.2) is 0 Å². The van der Waals surface area contributed by atoms with Crippen LogP contribution in [0.2, 0.25) is 0 Å². The van der Waals surface area contributed by atoms with E-state index in [-0.39, 0.29) is 0 Å². The molecule has 3 rings (SSSR count). The number of rotatable bonds is 2. The van der Waals surface area contributed by atoms with Crippen molar-refractivity contribution in [3.8, 4) is 0 Å². The number of anilines is 1. The highest BCUT2D eigenvalue weighted by atomic mass is 31.2. The molecule has 0 saturated carbocycles. The number of hydrogen-bond acceptors (Lipinski definition) is 3. The molecule has 4 heteroatoms. The third-order valence-electron chi connectivity index (χ3n) is 3.64. The third kappa shape index (κ3) is 1.89. The van der Waals surface area contributed by atoms with Gasteiger partial charge in [-0.05, 0) is 34.4 Å². The molecule has 0 amide bonds. The van der Waals surface area contributed by atoms with E-state index in [1.54, 1.807) is 0 Å². The van der Waals surface area contributed by atoms with E-state index in [0.717, 1.165) is 23.9 Å². The van der Waals surface area contributed by atoms with Crippen LogP contribution in [0.4, 0.5) is 5.69 Å². The summed E-state index contributed by atoms with van der Waals surface area (Å²) in [4.78, 5) is 20.8. The van der Waals surface area contributed by atoms with Crippen molar-refractivity contribution in [2.75, 3.05) is 18.5 Å². The minimum Gasteiger partial charge on any atom is -0.374 e. The first-order valence-electron chi connectivity index (χ1n) is 6.07. The van der Waals surface area contributed by atoms with Crippen LogP contribution >= 0.6 is 8.38 Å². The van der Waals surface area contributed by atoms with Crippen molar-refractivity contribution in [2.24, 2.45) is 0 Å². The lowest BCUT2D eigenvalue weighted by molar-refractivity contribution is 0.482. The Hall–Kier alpha value is -1.15. The summed E-state index contributed by atoms with van der Waals surface area (Å²) in [6.45, 7) is 1.04. The van der Waals surface area contributed by atoms with Crippen LogP contribution in [0.25, 0.3) is 10.8 Å². The molecule has 18 heavy (non-hydrogen) atoms. The quantitative estimate of drug-likeness (QED) is 0.817. The largest absolute Gasteiger partial charge is 0.374 e. The molecule has 0 fully saturated rings. The Labute approximate surface area is 108 Å². The lowest BCUT2D eigenvalue weighted by atomic mass is 9.98. The Morgan fingerprint density at radius 3 is 2.67 bits per heavy atom. The number of hydrogen-bond donors (Lipinski definition) is 2. The lowest BCUT2D eigenvalue weighted by Gasteiger charge is -2.16. The zero-order valence-electron chi connectivity index (χ0n) is 10.3. The number of fused-ring (bicyclic) bond motifs is 3. The highest BCUT2D eigenvalue weighted by Gasteiger charge is 2.20. The van der Waals surface area contributed by atoms with E-state index >= 15 is 0 Å². The molecule has 3 nitrogen and oxygen atoms in total. The Balaban J connectivity index is 2.26. The van der Waals surface area contributed by atoms with Crippen molar-refractivity contribution in [3.63, 3.8) is 0 Å². The molecular weight excluding hydrogens is 245 g/mol. The molecule has 0 saturated heterocycles. The fourth-order valence-electron chi connectivity index (χ4n) is 2.78. The zero-order chi connectivity index (χ0) is 12.7. The average molecular weight is 261 g/mol. The monoisotopic (exact) mass is 261 g/mol. The lowest BCUT2D eigenvalue weighted by Crippen LogP contribution is -2.12. The van der Waals surface area contributed by atoms with Crippen molar-refractivity contribution in [3.05, 3.63) is 41.5 Å². The summed E-state index contributed by atoms with van der Waals surface area (Å²) in [6, 6.07) is 10.4. The van der Waals surface area contributed by atoms with Gasteiger partial charge in [-0.1, -0.05) is 24.3 Å². The first kappa shape index (κ1) is 11.9. The summed E-state index contributed by atoms with van der Waals surface area (Å²) < 4.78 is 0. The first-order valence-corrected chi connectivity index (χ1v) is 7.50. The first-order chi connectivity index (χ1) is 8.66. The SMILES string of the molecule is CN1CCc2c1cc(CP(O)O)c1ccccc21. The topological polar surface area (TPSA) is 43.7 Å². The molecule has 2 aromatic carbocycles. The molecule has 2 N–H and O–H groups in total. The zero-order valence-corrected chi connectivity index (χ0v) is 11.2. The Morgan fingerprint density at radius 1 is 1.22 bits per heavy atom. The van der Waals surface area contributed by atoms with Crippen molar-refractivity contribution in [2.45, 2.75) is 12.6 Å². The van der Waals surface area contributed by atoms with Crippen LogP contribution in [0, 0.1) is 0 Å². The van der Waals surface area contributed by atoms with Crippen molar-refractivity contribution < 1.29 is 9.79 Å². The minimum absolute atomic E-state index is 0.344. The van der Waals surface area contributed by atoms with Gasteiger partial charge in [0.25, 0.3) is 0 Å². The van der Waals surface area contributed by atoms with Gasteiger partial charge in [0, 0.05) is 25.4 Å². The predicted octanol–water partition coefficient (Wildman–Crippen LogP) is 2.63. The molecule has 0 atom stereocenters. The summed E-state index contributed by atoms with van der Waals surface area (Å²) in [5.74, 6) is 0. The highest BCUT2D eigenvalue weighted by molar-refractivity contribution is 7.44. The fraction of sp³-hybridized carbons (Fsp3) is 0.286. The summed E-state index contributed by atoms with van der Waals surface area (Å²) in [6.07, 6.45) is 1.41. The third-order valence-corrected chi connectivity index (χ3v) is 4.26. The van der Waals surface area contributed by atoms with Gasteiger partial charge in [0.2, 0.25) is 0 Å². The van der Waals surface area contributed by atoms with Crippen LogP contribution < -0.4 is 4.90 Å². The maximum atomic E-state index is 9.29. The normalized spacial score (nSPS) is 14.6. The predicted molar refractivity (Wildman–Crippen MR) is 76.0 cm³/mol. The minimum atomic E-state index is -1.89. The van der Waals surface area contributed by atoms with Gasteiger partial charge in [-0.3, -0.25) is 0 Å². The van der Waals surface area contributed by atoms with Crippen LogP contribution in [0.5, 0.6) is 0 Å². The van der Waals surface area contributed by atoms with E-state index in [0.29, 0.717) is 6.16 Å². The van der Waals surface area contributed by atoms with Crippen LogP contribution in [-0.2, 0) is 12.6 Å². The van der Waals surface area contributed by atoms with E-state index in [2.05, 4.69) is 30.1 Å². The van der Waals surface area contributed by atoms with Gasteiger partial charge in [0.05, 0.1) is 0 Å². The molecule has 0 aromatic heterocycles. The van der Waals surface area contributed by atoms with Gasteiger partial charge in [0.1, 0.15) is 0 Å². The second-order valence-electron chi connectivity index (χ2n) is 4.78. The molecular formula is C14H16NO2P. The van der Waals surface area contributed by atoms with Crippen LogP contribution in [-0.4, -0.2) is 23.4 Å². The van der Waals surface area contributed by atoms with E-state index in [9.17, 15) is 9.79 Å². The molecule has 0 aliphatic carbocycles. The smallest absolute Gasteiger partial charge is 0.169 e. The highest BCUT2D eigenvalue weighted by Crippen LogP contribution is 2.39. The molecule has 0 spiro atoms. The Kier molecular flexibility index (Phi) is 2.98. The van der Waals surface area contributed by atoms with Gasteiger partial charge in [-0.2, -0.15) is 0 Å². The fourth-order valence-corrected chi connectivity index (χ4v) is 3.35. The molecule has 0 radical (unpaired) electrons. The molecule has 94 valence electrons. The van der Waals surface area contributed by atoms with Gasteiger partial charge < -0.3 is 14.7 Å². The van der Waals surface area contributed by atoms with Crippen molar-refractivity contribution in [1.82, 2.24) is 0 Å².